The highest BCUT2D eigenvalue weighted by Crippen LogP contribution is 2.25. The predicted octanol–water partition coefficient (Wildman–Crippen LogP) is 3.40. The van der Waals surface area contributed by atoms with Gasteiger partial charge in [0.05, 0.1) is 11.0 Å². The van der Waals surface area contributed by atoms with Crippen LogP contribution in [0.2, 0.25) is 0 Å². The first kappa shape index (κ1) is 12.8. The molecule has 0 spiro atoms. The molecule has 0 amide bonds. The minimum atomic E-state index is -0.258. The van der Waals surface area contributed by atoms with Gasteiger partial charge in [-0.25, -0.2) is 9.37 Å². The predicted molar refractivity (Wildman–Crippen MR) is 78.7 cm³/mol. The molecular weight excluding hydrogens is 253 g/mol. The molecule has 0 fully saturated rings. The molecule has 0 saturated carbocycles. The molecule has 3 nitrogen and oxygen atoms in total. The Morgan fingerprint density at radius 2 is 2.00 bits per heavy atom. The summed E-state index contributed by atoms with van der Waals surface area (Å²) in [6.07, 6.45) is 0. The fourth-order valence-electron chi connectivity index (χ4n) is 2.39. The number of imidazole rings is 1. The zero-order valence-electron chi connectivity index (χ0n) is 11.5. The summed E-state index contributed by atoms with van der Waals surface area (Å²) in [4.78, 5) is 4.61. The molecule has 1 atom stereocenters. The highest BCUT2D eigenvalue weighted by Gasteiger charge is 2.11. The van der Waals surface area contributed by atoms with E-state index in [9.17, 15) is 4.39 Å². The molecule has 102 valence electrons. The number of hydrogen-bond acceptors (Lipinski definition) is 2. The van der Waals surface area contributed by atoms with Crippen molar-refractivity contribution in [1.29, 1.82) is 0 Å². The summed E-state index contributed by atoms with van der Waals surface area (Å²) in [5.74, 6) is 0.493. The molecule has 1 unspecified atom stereocenters. The van der Waals surface area contributed by atoms with Crippen LogP contribution in [-0.2, 0) is 7.05 Å². The van der Waals surface area contributed by atoms with Crippen molar-refractivity contribution in [2.24, 2.45) is 12.8 Å². The van der Waals surface area contributed by atoms with Gasteiger partial charge >= 0.3 is 0 Å². The van der Waals surface area contributed by atoms with Crippen LogP contribution in [0.15, 0.2) is 42.5 Å². The summed E-state index contributed by atoms with van der Waals surface area (Å²) < 4.78 is 15.3. The van der Waals surface area contributed by atoms with Crippen molar-refractivity contribution < 1.29 is 4.39 Å². The van der Waals surface area contributed by atoms with Crippen LogP contribution in [0.3, 0.4) is 0 Å². The van der Waals surface area contributed by atoms with Gasteiger partial charge in [0.25, 0.3) is 0 Å². The van der Waals surface area contributed by atoms with Crippen molar-refractivity contribution in [3.05, 3.63) is 53.8 Å². The van der Waals surface area contributed by atoms with Crippen molar-refractivity contribution >= 4 is 11.0 Å². The van der Waals surface area contributed by atoms with Crippen LogP contribution in [0.1, 0.15) is 18.5 Å². The monoisotopic (exact) mass is 269 g/mol. The maximum Gasteiger partial charge on any atom is 0.140 e. The average molecular weight is 269 g/mol. The Morgan fingerprint density at radius 1 is 1.20 bits per heavy atom. The van der Waals surface area contributed by atoms with E-state index in [2.05, 4.69) is 4.98 Å². The van der Waals surface area contributed by atoms with Gasteiger partial charge in [0.15, 0.2) is 0 Å². The molecule has 1 heterocycles. The Bertz CT molecular complexity index is 774. The standard InChI is InChI=1S/C16H16FN3/c1-10(18)11-6-7-15-14(9-11)19-16(20(15)2)12-4-3-5-13(17)8-12/h3-10H,18H2,1-2H3. The van der Waals surface area contributed by atoms with Crippen LogP contribution in [0.4, 0.5) is 4.39 Å². The number of benzene rings is 2. The number of nitrogens with zero attached hydrogens (tertiary/aromatic N) is 2. The van der Waals surface area contributed by atoms with Gasteiger partial charge in [-0.05, 0) is 36.8 Å². The molecule has 0 radical (unpaired) electrons. The lowest BCUT2D eigenvalue weighted by Gasteiger charge is -2.05. The second-order valence-corrected chi connectivity index (χ2v) is 5.04. The zero-order chi connectivity index (χ0) is 14.3. The van der Waals surface area contributed by atoms with E-state index in [0.29, 0.717) is 0 Å². The molecule has 0 bridgehead atoms. The summed E-state index contributed by atoms with van der Waals surface area (Å²) in [5.41, 5.74) is 9.59. The van der Waals surface area contributed by atoms with Gasteiger partial charge in [-0.1, -0.05) is 18.2 Å². The zero-order valence-corrected chi connectivity index (χ0v) is 11.5. The van der Waals surface area contributed by atoms with Crippen molar-refractivity contribution in [1.82, 2.24) is 9.55 Å². The fraction of sp³-hybridized carbons (Fsp3) is 0.188. The van der Waals surface area contributed by atoms with E-state index in [0.717, 1.165) is 28.0 Å². The smallest absolute Gasteiger partial charge is 0.140 e. The average Bonchev–Trinajstić information content (AvgIpc) is 2.75. The lowest BCUT2D eigenvalue weighted by Crippen LogP contribution is -2.04. The van der Waals surface area contributed by atoms with E-state index in [-0.39, 0.29) is 11.9 Å². The maximum atomic E-state index is 13.4. The van der Waals surface area contributed by atoms with Gasteiger partial charge in [-0.15, -0.1) is 0 Å². The first-order valence-electron chi connectivity index (χ1n) is 6.54. The number of halogens is 1. The summed E-state index contributed by atoms with van der Waals surface area (Å²) >= 11 is 0. The van der Waals surface area contributed by atoms with Crippen molar-refractivity contribution in [2.75, 3.05) is 0 Å². The lowest BCUT2D eigenvalue weighted by atomic mass is 10.1. The number of aryl methyl sites for hydroxylation is 1. The van der Waals surface area contributed by atoms with Crippen LogP contribution in [0.5, 0.6) is 0 Å². The topological polar surface area (TPSA) is 43.8 Å². The maximum absolute atomic E-state index is 13.4. The molecule has 0 aliphatic rings. The van der Waals surface area contributed by atoms with E-state index < -0.39 is 0 Å². The third-order valence-corrected chi connectivity index (χ3v) is 3.51. The molecule has 0 aliphatic heterocycles. The Morgan fingerprint density at radius 3 is 2.70 bits per heavy atom. The highest BCUT2D eigenvalue weighted by molar-refractivity contribution is 5.81. The number of nitrogens with two attached hydrogens (primary N) is 1. The Kier molecular flexibility index (Phi) is 3.03. The van der Waals surface area contributed by atoms with Crippen LogP contribution in [0, 0.1) is 5.82 Å². The number of fused-ring (bicyclic) bond motifs is 1. The summed E-state index contributed by atoms with van der Waals surface area (Å²) in [6, 6.07) is 12.4. The number of rotatable bonds is 2. The van der Waals surface area contributed by atoms with Crippen molar-refractivity contribution in [3.63, 3.8) is 0 Å². The van der Waals surface area contributed by atoms with Crippen LogP contribution in [0.25, 0.3) is 22.4 Å². The van der Waals surface area contributed by atoms with Crippen molar-refractivity contribution in [3.8, 4) is 11.4 Å². The third-order valence-electron chi connectivity index (χ3n) is 3.51. The normalized spacial score (nSPS) is 12.8. The van der Waals surface area contributed by atoms with Gasteiger partial charge < -0.3 is 10.3 Å². The number of aromatic nitrogens is 2. The van der Waals surface area contributed by atoms with E-state index >= 15 is 0 Å². The molecule has 2 N–H and O–H groups in total. The van der Waals surface area contributed by atoms with E-state index in [1.165, 1.54) is 12.1 Å². The summed E-state index contributed by atoms with van der Waals surface area (Å²) in [6.45, 7) is 1.94. The molecular formula is C16H16FN3. The first-order valence-corrected chi connectivity index (χ1v) is 6.54. The largest absolute Gasteiger partial charge is 0.327 e. The third kappa shape index (κ3) is 2.08. The molecule has 3 aromatic rings. The lowest BCUT2D eigenvalue weighted by molar-refractivity contribution is 0.628. The molecule has 2 aromatic carbocycles. The molecule has 3 rings (SSSR count). The Labute approximate surface area is 116 Å². The second kappa shape index (κ2) is 4.72. The summed E-state index contributed by atoms with van der Waals surface area (Å²) in [7, 11) is 1.93. The van der Waals surface area contributed by atoms with E-state index in [1.807, 2.05) is 42.8 Å². The molecule has 0 aliphatic carbocycles. The first-order chi connectivity index (χ1) is 9.56. The van der Waals surface area contributed by atoms with E-state index in [1.54, 1.807) is 6.07 Å². The molecule has 0 saturated heterocycles. The van der Waals surface area contributed by atoms with Crippen molar-refractivity contribution in [2.45, 2.75) is 13.0 Å². The molecule has 1 aromatic heterocycles. The van der Waals surface area contributed by atoms with E-state index in [4.69, 9.17) is 5.73 Å². The Balaban J connectivity index is 2.20. The van der Waals surface area contributed by atoms with Gasteiger partial charge in [0.1, 0.15) is 11.6 Å². The van der Waals surface area contributed by atoms with Gasteiger partial charge in [0.2, 0.25) is 0 Å². The Hall–Kier alpha value is -2.20. The van der Waals surface area contributed by atoms with Crippen LogP contribution >= 0.6 is 0 Å². The molecule has 20 heavy (non-hydrogen) atoms. The number of hydrogen-bond donors (Lipinski definition) is 1. The molecule has 4 heteroatoms. The quantitative estimate of drug-likeness (QED) is 0.775. The summed E-state index contributed by atoms with van der Waals surface area (Å²) in [5, 5.41) is 0. The minimum Gasteiger partial charge on any atom is -0.327 e. The second-order valence-electron chi connectivity index (χ2n) is 5.04. The van der Waals surface area contributed by atoms with Gasteiger partial charge in [0, 0.05) is 18.7 Å². The van der Waals surface area contributed by atoms with Gasteiger partial charge in [-0.2, -0.15) is 0 Å². The SMILES string of the molecule is CC(N)c1ccc2c(c1)nc(-c1cccc(F)c1)n2C. The van der Waals surface area contributed by atoms with Crippen LogP contribution in [-0.4, -0.2) is 9.55 Å². The van der Waals surface area contributed by atoms with Gasteiger partial charge in [-0.3, -0.25) is 0 Å². The van der Waals surface area contributed by atoms with Crippen LogP contribution < -0.4 is 5.73 Å². The fourth-order valence-corrected chi connectivity index (χ4v) is 2.39. The highest BCUT2D eigenvalue weighted by atomic mass is 19.1. The minimum absolute atomic E-state index is 0.0287.